The zero-order chi connectivity index (χ0) is 15.4. The summed E-state index contributed by atoms with van der Waals surface area (Å²) in [5, 5.41) is 2.94. The maximum Gasteiger partial charge on any atom is 0.224 e. The molecule has 0 spiro atoms. The van der Waals surface area contributed by atoms with E-state index in [0.29, 0.717) is 6.42 Å². The second-order valence-corrected chi connectivity index (χ2v) is 7.12. The van der Waals surface area contributed by atoms with Crippen molar-refractivity contribution in [2.24, 2.45) is 23.0 Å². The molecule has 19 heavy (non-hydrogen) atoms. The molecular formula is C15H28N2O2. The minimum atomic E-state index is -0.528. The van der Waals surface area contributed by atoms with Crippen molar-refractivity contribution in [3.05, 3.63) is 12.7 Å². The van der Waals surface area contributed by atoms with Crippen molar-refractivity contribution in [2.75, 3.05) is 0 Å². The van der Waals surface area contributed by atoms with E-state index in [-0.39, 0.29) is 16.9 Å². The number of carbonyl (C=O) groups is 2. The van der Waals surface area contributed by atoms with E-state index in [9.17, 15) is 9.59 Å². The number of hydrogen-bond donors (Lipinski definition) is 2. The molecule has 2 amide bonds. The van der Waals surface area contributed by atoms with Crippen molar-refractivity contribution in [2.45, 2.75) is 53.5 Å². The first-order valence-electron chi connectivity index (χ1n) is 6.62. The summed E-state index contributed by atoms with van der Waals surface area (Å²) < 4.78 is 0. The molecule has 2 atom stereocenters. The molecule has 0 aliphatic rings. The van der Waals surface area contributed by atoms with Gasteiger partial charge < -0.3 is 11.1 Å². The van der Waals surface area contributed by atoms with Crippen LogP contribution in [0.5, 0.6) is 0 Å². The van der Waals surface area contributed by atoms with Gasteiger partial charge in [0.05, 0.1) is 11.8 Å². The maximum absolute atomic E-state index is 12.5. The van der Waals surface area contributed by atoms with Gasteiger partial charge in [-0.1, -0.05) is 26.8 Å². The normalized spacial score (nSPS) is 15.5. The molecule has 0 unspecified atom stereocenters. The van der Waals surface area contributed by atoms with E-state index in [0.717, 1.165) is 0 Å². The molecule has 4 heteroatoms. The lowest BCUT2D eigenvalue weighted by atomic mass is 9.71. The Bertz CT molecular complexity index is 348. The summed E-state index contributed by atoms with van der Waals surface area (Å²) in [5.74, 6) is -1.59. The molecule has 0 fully saturated rings. The highest BCUT2D eigenvalue weighted by Crippen LogP contribution is 2.34. The van der Waals surface area contributed by atoms with Crippen LogP contribution in [0.3, 0.4) is 0 Å². The average molecular weight is 268 g/mol. The number of nitrogens with two attached hydrogens (primary N) is 1. The lowest BCUT2D eigenvalue weighted by Crippen LogP contribution is -2.51. The van der Waals surface area contributed by atoms with Gasteiger partial charge in [0.2, 0.25) is 11.8 Å². The number of allylic oxidation sites excluding steroid dienone is 1. The van der Waals surface area contributed by atoms with Gasteiger partial charge in [0.1, 0.15) is 0 Å². The Morgan fingerprint density at radius 3 is 1.95 bits per heavy atom. The molecule has 0 saturated heterocycles. The summed E-state index contributed by atoms with van der Waals surface area (Å²) in [6, 6.07) is 0. The summed E-state index contributed by atoms with van der Waals surface area (Å²) >= 11 is 0. The number of primary amides is 1. The molecule has 3 N–H and O–H groups in total. The third kappa shape index (κ3) is 5.90. The summed E-state index contributed by atoms with van der Waals surface area (Å²) in [6.07, 6.45) is 2.05. The Balaban J connectivity index is 5.37. The van der Waals surface area contributed by atoms with Crippen molar-refractivity contribution < 1.29 is 9.59 Å². The van der Waals surface area contributed by atoms with E-state index in [1.165, 1.54) is 0 Å². The zero-order valence-corrected chi connectivity index (χ0v) is 13.0. The van der Waals surface area contributed by atoms with Gasteiger partial charge in [-0.15, -0.1) is 6.58 Å². The van der Waals surface area contributed by atoms with Gasteiger partial charge in [0, 0.05) is 5.54 Å². The van der Waals surface area contributed by atoms with Crippen molar-refractivity contribution in [1.29, 1.82) is 0 Å². The van der Waals surface area contributed by atoms with Crippen LogP contribution in [0, 0.1) is 17.3 Å². The van der Waals surface area contributed by atoms with E-state index in [1.54, 1.807) is 6.08 Å². The molecule has 0 bridgehead atoms. The highest BCUT2D eigenvalue weighted by atomic mass is 16.2. The van der Waals surface area contributed by atoms with Crippen molar-refractivity contribution >= 4 is 11.8 Å². The number of hydrogen-bond acceptors (Lipinski definition) is 2. The number of amides is 2. The van der Waals surface area contributed by atoms with Crippen molar-refractivity contribution in [3.8, 4) is 0 Å². The predicted octanol–water partition coefficient (Wildman–Crippen LogP) is 2.24. The van der Waals surface area contributed by atoms with E-state index in [4.69, 9.17) is 5.73 Å². The fourth-order valence-electron chi connectivity index (χ4n) is 2.22. The Morgan fingerprint density at radius 2 is 1.68 bits per heavy atom. The maximum atomic E-state index is 12.5. The van der Waals surface area contributed by atoms with E-state index < -0.39 is 17.7 Å². The third-order valence-electron chi connectivity index (χ3n) is 2.90. The lowest BCUT2D eigenvalue weighted by molar-refractivity contribution is -0.138. The van der Waals surface area contributed by atoms with Crippen LogP contribution in [0.25, 0.3) is 0 Å². The zero-order valence-electron chi connectivity index (χ0n) is 13.0. The Labute approximate surface area is 116 Å². The average Bonchev–Trinajstić information content (AvgIpc) is 2.11. The molecule has 110 valence electrons. The van der Waals surface area contributed by atoms with Crippen LogP contribution in [-0.4, -0.2) is 17.4 Å². The monoisotopic (exact) mass is 268 g/mol. The van der Waals surface area contributed by atoms with E-state index in [2.05, 4.69) is 11.9 Å². The largest absolute Gasteiger partial charge is 0.369 e. The number of rotatable bonds is 5. The van der Waals surface area contributed by atoms with Crippen LogP contribution < -0.4 is 11.1 Å². The fourth-order valence-corrected chi connectivity index (χ4v) is 2.22. The lowest BCUT2D eigenvalue weighted by Gasteiger charge is -2.36. The quantitative estimate of drug-likeness (QED) is 0.751. The Morgan fingerprint density at radius 1 is 1.21 bits per heavy atom. The number of carbonyl (C=O) groups excluding carboxylic acids is 2. The van der Waals surface area contributed by atoms with Crippen LogP contribution in [0.15, 0.2) is 12.7 Å². The van der Waals surface area contributed by atoms with Gasteiger partial charge in [0.15, 0.2) is 0 Å². The molecule has 0 aromatic heterocycles. The van der Waals surface area contributed by atoms with E-state index >= 15 is 0 Å². The number of nitrogens with one attached hydrogen (secondary N) is 1. The highest BCUT2D eigenvalue weighted by molar-refractivity contribution is 5.87. The molecule has 0 radical (unpaired) electrons. The molecule has 0 aromatic carbocycles. The summed E-state index contributed by atoms with van der Waals surface area (Å²) in [5.41, 5.74) is 4.77. The van der Waals surface area contributed by atoms with Gasteiger partial charge >= 0.3 is 0 Å². The van der Waals surface area contributed by atoms with Crippen LogP contribution in [-0.2, 0) is 9.59 Å². The standard InChI is InChI=1S/C15H28N2O2/c1-8-9-10(12(16)18)11(14(2,3)4)13(19)17-15(5,6)7/h8,10-11H,1,9H2,2-7H3,(H2,16,18)(H,17,19)/t10-,11+/m0/s1. The second kappa shape index (κ2) is 6.22. The van der Waals surface area contributed by atoms with Crippen LogP contribution in [0.4, 0.5) is 0 Å². The van der Waals surface area contributed by atoms with Crippen LogP contribution in [0.2, 0.25) is 0 Å². The minimum absolute atomic E-state index is 0.134. The minimum Gasteiger partial charge on any atom is -0.369 e. The van der Waals surface area contributed by atoms with Gasteiger partial charge in [-0.2, -0.15) is 0 Å². The van der Waals surface area contributed by atoms with Gasteiger partial charge in [-0.25, -0.2) is 0 Å². The summed E-state index contributed by atoms with van der Waals surface area (Å²) in [4.78, 5) is 24.1. The van der Waals surface area contributed by atoms with E-state index in [1.807, 2.05) is 41.5 Å². The molecule has 0 aliphatic carbocycles. The molecule has 0 saturated carbocycles. The molecular weight excluding hydrogens is 240 g/mol. The Hall–Kier alpha value is -1.32. The van der Waals surface area contributed by atoms with Crippen LogP contribution in [0.1, 0.15) is 48.0 Å². The smallest absolute Gasteiger partial charge is 0.224 e. The first-order valence-corrected chi connectivity index (χ1v) is 6.62. The van der Waals surface area contributed by atoms with Gasteiger partial charge in [0.25, 0.3) is 0 Å². The molecule has 0 rings (SSSR count). The van der Waals surface area contributed by atoms with Gasteiger partial charge in [-0.3, -0.25) is 9.59 Å². The molecule has 0 heterocycles. The fraction of sp³-hybridized carbons (Fsp3) is 0.733. The second-order valence-electron chi connectivity index (χ2n) is 7.12. The summed E-state index contributed by atoms with van der Waals surface area (Å²) in [7, 11) is 0. The first-order chi connectivity index (χ1) is 8.40. The van der Waals surface area contributed by atoms with Gasteiger partial charge in [-0.05, 0) is 32.6 Å². The molecule has 0 aliphatic heterocycles. The predicted molar refractivity (Wildman–Crippen MR) is 78.3 cm³/mol. The summed E-state index contributed by atoms with van der Waals surface area (Å²) in [6.45, 7) is 15.2. The van der Waals surface area contributed by atoms with Crippen molar-refractivity contribution in [1.82, 2.24) is 5.32 Å². The highest BCUT2D eigenvalue weighted by Gasteiger charge is 2.41. The SMILES string of the molecule is C=CC[C@H](C(N)=O)[C@H](C(=O)NC(C)(C)C)C(C)(C)C. The molecule has 0 aromatic rings. The molecule has 4 nitrogen and oxygen atoms in total. The van der Waals surface area contributed by atoms with Crippen LogP contribution >= 0.6 is 0 Å². The topological polar surface area (TPSA) is 72.2 Å². The first kappa shape index (κ1) is 17.7. The Kier molecular flexibility index (Phi) is 5.79. The third-order valence-corrected chi connectivity index (χ3v) is 2.90. The van der Waals surface area contributed by atoms with Crippen molar-refractivity contribution in [3.63, 3.8) is 0 Å².